The van der Waals surface area contributed by atoms with E-state index in [1.54, 1.807) is 11.1 Å². The van der Waals surface area contributed by atoms with Gasteiger partial charge in [-0.3, -0.25) is 0 Å². The number of hydrogen-bond donors (Lipinski definition) is 0. The van der Waals surface area contributed by atoms with Crippen molar-refractivity contribution in [3.63, 3.8) is 0 Å². The molecule has 3 aliphatic carbocycles. The monoisotopic (exact) mass is 400 g/mol. The van der Waals surface area contributed by atoms with Crippen molar-refractivity contribution in [2.75, 3.05) is 6.61 Å². The molecule has 1 fully saturated rings. The number of hydrogen-bond acceptors (Lipinski definition) is 1. The Bertz CT molecular complexity index is 621. The standard InChI is InChI=1S/C28H48O/c1-9-27(5,6)25-23-16-15-20(17-21(23)18-24(25)26(2,3)4)19-29-28(7,8)22-13-11-10-12-14-22/h15-16,20,22,24-25H,9-14,17-19H2,1-8H3. The molecule has 29 heavy (non-hydrogen) atoms. The second-order valence-electron chi connectivity index (χ2n) is 12.6. The van der Waals surface area contributed by atoms with Gasteiger partial charge in [0, 0.05) is 5.92 Å². The van der Waals surface area contributed by atoms with Crippen LogP contribution in [0.3, 0.4) is 0 Å². The van der Waals surface area contributed by atoms with Crippen LogP contribution in [0.15, 0.2) is 23.3 Å². The average molecular weight is 401 g/mol. The molecule has 1 saturated carbocycles. The smallest absolute Gasteiger partial charge is 0.0654 e. The third kappa shape index (κ3) is 5.03. The van der Waals surface area contributed by atoms with E-state index in [9.17, 15) is 0 Å². The summed E-state index contributed by atoms with van der Waals surface area (Å²) in [7, 11) is 0. The van der Waals surface area contributed by atoms with E-state index in [2.05, 4.69) is 67.5 Å². The van der Waals surface area contributed by atoms with Gasteiger partial charge in [-0.2, -0.15) is 0 Å². The van der Waals surface area contributed by atoms with E-state index in [0.29, 0.717) is 22.7 Å². The molecule has 1 heteroatoms. The third-order valence-corrected chi connectivity index (χ3v) is 8.79. The molecular weight excluding hydrogens is 352 g/mol. The first-order chi connectivity index (χ1) is 13.5. The molecule has 3 atom stereocenters. The van der Waals surface area contributed by atoms with Gasteiger partial charge in [0.25, 0.3) is 0 Å². The fourth-order valence-corrected chi connectivity index (χ4v) is 6.33. The first kappa shape index (κ1) is 23.1. The van der Waals surface area contributed by atoms with Gasteiger partial charge in [-0.05, 0) is 73.7 Å². The lowest BCUT2D eigenvalue weighted by Crippen LogP contribution is -2.37. The second-order valence-corrected chi connectivity index (χ2v) is 12.6. The maximum Gasteiger partial charge on any atom is 0.0654 e. The molecule has 1 nitrogen and oxygen atoms in total. The van der Waals surface area contributed by atoms with E-state index >= 15 is 0 Å². The lowest BCUT2D eigenvalue weighted by atomic mass is 9.62. The van der Waals surface area contributed by atoms with Crippen LogP contribution in [0.2, 0.25) is 0 Å². The molecule has 0 aromatic heterocycles. The van der Waals surface area contributed by atoms with Gasteiger partial charge < -0.3 is 4.74 Å². The van der Waals surface area contributed by atoms with Gasteiger partial charge in [0.05, 0.1) is 12.2 Å². The Morgan fingerprint density at radius 1 is 0.931 bits per heavy atom. The van der Waals surface area contributed by atoms with Gasteiger partial charge >= 0.3 is 0 Å². The zero-order chi connectivity index (χ0) is 21.4. The summed E-state index contributed by atoms with van der Waals surface area (Å²) in [6.45, 7) is 20.3. The molecule has 0 amide bonds. The van der Waals surface area contributed by atoms with Crippen LogP contribution in [0, 0.1) is 34.5 Å². The highest BCUT2D eigenvalue weighted by atomic mass is 16.5. The van der Waals surface area contributed by atoms with Crippen molar-refractivity contribution in [3.05, 3.63) is 23.3 Å². The highest BCUT2D eigenvalue weighted by Crippen LogP contribution is 2.56. The lowest BCUT2D eigenvalue weighted by Gasteiger charge is -2.42. The van der Waals surface area contributed by atoms with Gasteiger partial charge in [0.2, 0.25) is 0 Å². The van der Waals surface area contributed by atoms with Crippen LogP contribution in [0.1, 0.15) is 107 Å². The molecule has 0 bridgehead atoms. The van der Waals surface area contributed by atoms with E-state index in [-0.39, 0.29) is 5.60 Å². The van der Waals surface area contributed by atoms with E-state index in [0.717, 1.165) is 18.4 Å². The Morgan fingerprint density at radius 3 is 2.17 bits per heavy atom. The summed E-state index contributed by atoms with van der Waals surface area (Å²) in [4.78, 5) is 0. The molecule has 0 aliphatic heterocycles. The lowest BCUT2D eigenvalue weighted by molar-refractivity contribution is -0.0784. The summed E-state index contributed by atoms with van der Waals surface area (Å²) in [5.74, 6) is 2.75. The topological polar surface area (TPSA) is 9.23 Å². The van der Waals surface area contributed by atoms with Crippen molar-refractivity contribution in [2.45, 2.75) is 112 Å². The minimum absolute atomic E-state index is 0.0271. The summed E-state index contributed by atoms with van der Waals surface area (Å²) in [6.07, 6.45) is 15.6. The van der Waals surface area contributed by atoms with E-state index in [1.807, 2.05) is 0 Å². The molecule has 0 N–H and O–H groups in total. The molecular formula is C28H48O. The van der Waals surface area contributed by atoms with Gasteiger partial charge in [-0.1, -0.05) is 85.0 Å². The van der Waals surface area contributed by atoms with Crippen LogP contribution in [-0.4, -0.2) is 12.2 Å². The summed E-state index contributed by atoms with van der Waals surface area (Å²) in [5.41, 5.74) is 4.17. The number of allylic oxidation sites excluding steroid dienone is 3. The highest BCUT2D eigenvalue weighted by molar-refractivity contribution is 5.39. The van der Waals surface area contributed by atoms with E-state index in [1.165, 1.54) is 51.4 Å². The van der Waals surface area contributed by atoms with Crippen molar-refractivity contribution < 1.29 is 4.74 Å². The number of ether oxygens (including phenoxy) is 1. The maximum absolute atomic E-state index is 6.59. The van der Waals surface area contributed by atoms with Crippen LogP contribution in [-0.2, 0) is 4.74 Å². The molecule has 0 saturated heterocycles. The minimum atomic E-state index is 0.0271. The fraction of sp³-hybridized carbons (Fsp3) is 0.857. The molecule has 166 valence electrons. The van der Waals surface area contributed by atoms with Gasteiger partial charge in [0.15, 0.2) is 0 Å². The fourth-order valence-electron chi connectivity index (χ4n) is 6.33. The van der Waals surface area contributed by atoms with Gasteiger partial charge in [-0.15, -0.1) is 0 Å². The molecule has 3 unspecified atom stereocenters. The van der Waals surface area contributed by atoms with Crippen molar-refractivity contribution in [2.24, 2.45) is 34.5 Å². The van der Waals surface area contributed by atoms with Crippen molar-refractivity contribution in [1.82, 2.24) is 0 Å². The first-order valence-corrected chi connectivity index (χ1v) is 12.5. The van der Waals surface area contributed by atoms with Gasteiger partial charge in [0.1, 0.15) is 0 Å². The molecule has 0 aromatic rings. The van der Waals surface area contributed by atoms with Crippen molar-refractivity contribution >= 4 is 0 Å². The minimum Gasteiger partial charge on any atom is -0.375 e. The molecule has 3 rings (SSSR count). The Morgan fingerprint density at radius 2 is 1.59 bits per heavy atom. The molecule has 3 aliphatic rings. The Balaban J connectivity index is 1.67. The Hall–Kier alpha value is -0.560. The van der Waals surface area contributed by atoms with E-state index < -0.39 is 0 Å². The average Bonchev–Trinajstić information content (AvgIpc) is 3.07. The largest absolute Gasteiger partial charge is 0.375 e. The quantitative estimate of drug-likeness (QED) is 0.435. The zero-order valence-electron chi connectivity index (χ0n) is 20.7. The normalized spacial score (nSPS) is 29.4. The predicted octanol–water partition coefficient (Wildman–Crippen LogP) is 8.35. The summed E-state index contributed by atoms with van der Waals surface area (Å²) in [5, 5.41) is 0. The zero-order valence-corrected chi connectivity index (χ0v) is 20.7. The molecule has 0 radical (unpaired) electrons. The van der Waals surface area contributed by atoms with Gasteiger partial charge in [-0.25, -0.2) is 0 Å². The highest BCUT2D eigenvalue weighted by Gasteiger charge is 2.47. The Kier molecular flexibility index (Phi) is 6.79. The van der Waals surface area contributed by atoms with E-state index in [4.69, 9.17) is 4.74 Å². The molecule has 0 aromatic carbocycles. The third-order valence-electron chi connectivity index (χ3n) is 8.79. The summed E-state index contributed by atoms with van der Waals surface area (Å²) in [6, 6.07) is 0. The van der Waals surface area contributed by atoms with Crippen molar-refractivity contribution in [3.8, 4) is 0 Å². The van der Waals surface area contributed by atoms with Crippen LogP contribution in [0.5, 0.6) is 0 Å². The van der Waals surface area contributed by atoms with Crippen LogP contribution in [0.4, 0.5) is 0 Å². The van der Waals surface area contributed by atoms with Crippen LogP contribution >= 0.6 is 0 Å². The second kappa shape index (κ2) is 8.52. The molecule has 0 spiro atoms. The van der Waals surface area contributed by atoms with Crippen LogP contribution < -0.4 is 0 Å². The summed E-state index contributed by atoms with van der Waals surface area (Å²) >= 11 is 0. The number of rotatable bonds is 6. The maximum atomic E-state index is 6.59. The van der Waals surface area contributed by atoms with Crippen molar-refractivity contribution in [1.29, 1.82) is 0 Å². The SMILES string of the molecule is CCC(C)(C)C1C2=C(CC(COC(C)(C)C3CCCCC3)C=C2)CC1C(C)(C)C. The predicted molar refractivity (Wildman–Crippen MR) is 126 cm³/mol. The summed E-state index contributed by atoms with van der Waals surface area (Å²) < 4.78 is 6.59. The van der Waals surface area contributed by atoms with Crippen LogP contribution in [0.25, 0.3) is 0 Å². The first-order valence-electron chi connectivity index (χ1n) is 12.5. The molecule has 0 heterocycles. The Labute approximate surface area is 181 Å².